The normalized spacial score (nSPS) is 17.4. The second kappa shape index (κ2) is 8.33. The summed E-state index contributed by atoms with van der Waals surface area (Å²) >= 11 is 0. The van der Waals surface area contributed by atoms with Gasteiger partial charge in [-0.2, -0.15) is 0 Å². The molecule has 1 saturated carbocycles. The predicted molar refractivity (Wildman–Crippen MR) is 80.0 cm³/mol. The molecular weight excluding hydrogens is 294 g/mol. The van der Waals surface area contributed by atoms with Crippen molar-refractivity contribution in [1.29, 1.82) is 0 Å². The molecule has 7 nitrogen and oxygen atoms in total. The van der Waals surface area contributed by atoms with Crippen LogP contribution in [0.2, 0.25) is 0 Å². The van der Waals surface area contributed by atoms with Crippen LogP contribution in [0, 0.1) is 5.92 Å². The van der Waals surface area contributed by atoms with Crippen LogP contribution in [0.3, 0.4) is 0 Å². The lowest BCUT2D eigenvalue weighted by atomic mass is 10.0. The fourth-order valence-electron chi connectivity index (χ4n) is 2.42. The van der Waals surface area contributed by atoms with Crippen LogP contribution in [-0.2, 0) is 19.6 Å². The van der Waals surface area contributed by atoms with Crippen molar-refractivity contribution < 1.29 is 18.0 Å². The third-order valence-electron chi connectivity index (χ3n) is 3.51. The van der Waals surface area contributed by atoms with Gasteiger partial charge in [0.25, 0.3) is 0 Å². The maximum atomic E-state index is 11.8. The van der Waals surface area contributed by atoms with E-state index in [-0.39, 0.29) is 24.9 Å². The summed E-state index contributed by atoms with van der Waals surface area (Å²) < 4.78 is 24.0. The number of hydrogen-bond acceptors (Lipinski definition) is 4. The minimum absolute atomic E-state index is 0.0983. The molecule has 0 radical (unpaired) electrons. The Bertz CT molecular complexity index is 458. The third kappa shape index (κ3) is 8.01. The van der Waals surface area contributed by atoms with Crippen LogP contribution in [0.1, 0.15) is 39.0 Å². The maximum Gasteiger partial charge on any atom is 0.242 e. The van der Waals surface area contributed by atoms with Crippen LogP contribution in [0.15, 0.2) is 0 Å². The SMILES string of the molecule is C[C@@H](NC(=O)CC1CCCC1)C(=O)NCCNS(C)(=O)=O. The molecule has 0 spiro atoms. The molecule has 0 aromatic carbocycles. The Morgan fingerprint density at radius 2 is 1.81 bits per heavy atom. The van der Waals surface area contributed by atoms with Gasteiger partial charge < -0.3 is 10.6 Å². The van der Waals surface area contributed by atoms with E-state index >= 15 is 0 Å². The Morgan fingerprint density at radius 1 is 1.19 bits per heavy atom. The quantitative estimate of drug-likeness (QED) is 0.536. The van der Waals surface area contributed by atoms with E-state index in [4.69, 9.17) is 0 Å². The van der Waals surface area contributed by atoms with Gasteiger partial charge in [0.2, 0.25) is 21.8 Å². The van der Waals surface area contributed by atoms with Crippen LogP contribution in [-0.4, -0.2) is 45.6 Å². The van der Waals surface area contributed by atoms with E-state index in [9.17, 15) is 18.0 Å². The fraction of sp³-hybridized carbons (Fsp3) is 0.846. The Morgan fingerprint density at radius 3 is 2.38 bits per heavy atom. The summed E-state index contributed by atoms with van der Waals surface area (Å²) in [7, 11) is -3.25. The average Bonchev–Trinajstić information content (AvgIpc) is 2.85. The van der Waals surface area contributed by atoms with Gasteiger partial charge in [0, 0.05) is 19.5 Å². The van der Waals surface area contributed by atoms with E-state index in [1.165, 1.54) is 12.8 Å². The number of carbonyl (C=O) groups is 2. The van der Waals surface area contributed by atoms with E-state index in [0.717, 1.165) is 19.1 Å². The largest absolute Gasteiger partial charge is 0.353 e. The van der Waals surface area contributed by atoms with Gasteiger partial charge >= 0.3 is 0 Å². The molecule has 1 aliphatic carbocycles. The maximum absolute atomic E-state index is 11.8. The smallest absolute Gasteiger partial charge is 0.242 e. The molecule has 21 heavy (non-hydrogen) atoms. The molecule has 1 atom stereocenters. The van der Waals surface area contributed by atoms with Crippen LogP contribution < -0.4 is 15.4 Å². The molecule has 0 aromatic rings. The minimum Gasteiger partial charge on any atom is -0.353 e. The monoisotopic (exact) mass is 319 g/mol. The van der Waals surface area contributed by atoms with Gasteiger partial charge in [-0.1, -0.05) is 12.8 Å². The fourth-order valence-corrected chi connectivity index (χ4v) is 2.89. The standard InChI is InChI=1S/C13H25N3O4S/c1-10(13(18)14-7-8-15-21(2,19)20)16-12(17)9-11-5-3-4-6-11/h10-11,15H,3-9H2,1-2H3,(H,14,18)(H,16,17)/t10-/m1/s1. The first kappa shape index (κ1) is 17.9. The van der Waals surface area contributed by atoms with E-state index in [0.29, 0.717) is 12.3 Å². The molecule has 0 saturated heterocycles. The molecule has 0 bridgehead atoms. The Balaban J connectivity index is 2.19. The summed E-state index contributed by atoms with van der Waals surface area (Å²) in [5.74, 6) is 0.0307. The zero-order chi connectivity index (χ0) is 15.9. The lowest BCUT2D eigenvalue weighted by Crippen LogP contribution is -2.46. The molecule has 1 fully saturated rings. The van der Waals surface area contributed by atoms with Crippen LogP contribution in [0.4, 0.5) is 0 Å². The van der Waals surface area contributed by atoms with Gasteiger partial charge in [0.05, 0.1) is 6.26 Å². The number of carbonyl (C=O) groups excluding carboxylic acids is 2. The van der Waals surface area contributed by atoms with Crippen molar-refractivity contribution >= 4 is 21.8 Å². The summed E-state index contributed by atoms with van der Waals surface area (Å²) in [6, 6.07) is -0.614. The van der Waals surface area contributed by atoms with E-state index in [2.05, 4.69) is 15.4 Å². The van der Waals surface area contributed by atoms with Crippen molar-refractivity contribution in [2.45, 2.75) is 45.1 Å². The zero-order valence-electron chi connectivity index (χ0n) is 12.6. The molecule has 1 aliphatic rings. The molecule has 0 aromatic heterocycles. The van der Waals surface area contributed by atoms with Gasteiger partial charge in [-0.05, 0) is 25.7 Å². The van der Waals surface area contributed by atoms with Crippen molar-refractivity contribution in [2.75, 3.05) is 19.3 Å². The molecule has 122 valence electrons. The topological polar surface area (TPSA) is 104 Å². The number of amides is 2. The minimum atomic E-state index is -3.25. The Kier molecular flexibility index (Phi) is 7.10. The molecule has 0 aliphatic heterocycles. The third-order valence-corrected chi connectivity index (χ3v) is 4.24. The van der Waals surface area contributed by atoms with Crippen molar-refractivity contribution in [1.82, 2.24) is 15.4 Å². The number of hydrogen-bond donors (Lipinski definition) is 3. The average molecular weight is 319 g/mol. The Hall–Kier alpha value is -1.15. The Labute approximate surface area is 126 Å². The highest BCUT2D eigenvalue weighted by Crippen LogP contribution is 2.27. The van der Waals surface area contributed by atoms with E-state index in [1.807, 2.05) is 0 Å². The second-order valence-corrected chi connectivity index (χ2v) is 7.43. The highest BCUT2D eigenvalue weighted by Gasteiger charge is 2.21. The molecule has 2 amide bonds. The molecular formula is C13H25N3O4S. The predicted octanol–water partition coefficient (Wildman–Crippen LogP) is -0.263. The number of rotatable bonds is 8. The highest BCUT2D eigenvalue weighted by atomic mass is 32.2. The number of sulfonamides is 1. The molecule has 0 heterocycles. The first-order chi connectivity index (χ1) is 9.78. The van der Waals surface area contributed by atoms with Gasteiger partial charge in [0.1, 0.15) is 6.04 Å². The molecule has 1 rings (SSSR count). The first-order valence-electron chi connectivity index (χ1n) is 7.29. The summed E-state index contributed by atoms with van der Waals surface area (Å²) in [6.45, 7) is 1.94. The number of nitrogens with one attached hydrogen (secondary N) is 3. The van der Waals surface area contributed by atoms with E-state index < -0.39 is 16.1 Å². The van der Waals surface area contributed by atoms with Crippen molar-refractivity contribution in [3.8, 4) is 0 Å². The van der Waals surface area contributed by atoms with Crippen LogP contribution >= 0.6 is 0 Å². The first-order valence-corrected chi connectivity index (χ1v) is 9.19. The summed E-state index contributed by atoms with van der Waals surface area (Å²) in [5.41, 5.74) is 0. The lowest BCUT2D eigenvalue weighted by Gasteiger charge is -2.15. The lowest BCUT2D eigenvalue weighted by molar-refractivity contribution is -0.129. The van der Waals surface area contributed by atoms with Crippen molar-refractivity contribution in [3.05, 3.63) is 0 Å². The van der Waals surface area contributed by atoms with Crippen LogP contribution in [0.25, 0.3) is 0 Å². The molecule has 0 unspecified atom stereocenters. The highest BCUT2D eigenvalue weighted by molar-refractivity contribution is 7.88. The molecule has 8 heteroatoms. The molecule has 3 N–H and O–H groups in total. The summed E-state index contributed by atoms with van der Waals surface area (Å²) in [6.07, 6.45) is 6.08. The summed E-state index contributed by atoms with van der Waals surface area (Å²) in [4.78, 5) is 23.5. The van der Waals surface area contributed by atoms with Gasteiger partial charge in [-0.3, -0.25) is 9.59 Å². The van der Waals surface area contributed by atoms with Gasteiger partial charge in [0.15, 0.2) is 0 Å². The van der Waals surface area contributed by atoms with E-state index in [1.54, 1.807) is 6.92 Å². The van der Waals surface area contributed by atoms with Gasteiger partial charge in [-0.25, -0.2) is 13.1 Å². The second-order valence-electron chi connectivity index (χ2n) is 5.60. The zero-order valence-corrected chi connectivity index (χ0v) is 13.5. The van der Waals surface area contributed by atoms with Gasteiger partial charge in [-0.15, -0.1) is 0 Å². The van der Waals surface area contributed by atoms with Crippen molar-refractivity contribution in [3.63, 3.8) is 0 Å². The van der Waals surface area contributed by atoms with Crippen LogP contribution in [0.5, 0.6) is 0 Å². The summed E-state index contributed by atoms with van der Waals surface area (Å²) in [5, 5.41) is 5.25. The van der Waals surface area contributed by atoms with Crippen molar-refractivity contribution in [2.24, 2.45) is 5.92 Å².